The maximum absolute atomic E-state index is 2.53. The SMILES string of the molecule is CC.CC(C)C1=CCC(C(C)C)=C(C(C)C)C(C(C)C)=C1C(C)C. The molecule has 0 spiro atoms. The van der Waals surface area contributed by atoms with Gasteiger partial charge in [0, 0.05) is 0 Å². The van der Waals surface area contributed by atoms with Gasteiger partial charge in [-0.1, -0.05) is 94.7 Å². The fourth-order valence-electron chi connectivity index (χ4n) is 3.95. The Balaban J connectivity index is 0.00000254. The second-order valence-electron chi connectivity index (χ2n) is 8.40. The highest BCUT2D eigenvalue weighted by Crippen LogP contribution is 2.43. The van der Waals surface area contributed by atoms with E-state index in [1.165, 1.54) is 0 Å². The Labute approximate surface area is 153 Å². The van der Waals surface area contributed by atoms with Crippen LogP contribution in [0.4, 0.5) is 0 Å². The Bertz CT molecular complexity index is 476. The van der Waals surface area contributed by atoms with E-state index in [-0.39, 0.29) is 0 Å². The molecular weight excluding hydrogens is 288 g/mol. The van der Waals surface area contributed by atoms with E-state index in [1.807, 2.05) is 13.8 Å². The zero-order valence-corrected chi connectivity index (χ0v) is 18.7. The van der Waals surface area contributed by atoms with Crippen molar-refractivity contribution in [1.29, 1.82) is 0 Å². The van der Waals surface area contributed by atoms with Gasteiger partial charge in [-0.25, -0.2) is 0 Å². The minimum atomic E-state index is 0.587. The highest BCUT2D eigenvalue weighted by molar-refractivity contribution is 5.53. The summed E-state index contributed by atoms with van der Waals surface area (Å²) in [6.07, 6.45) is 3.66. The maximum atomic E-state index is 2.53. The van der Waals surface area contributed by atoms with Crippen molar-refractivity contribution >= 4 is 0 Å². The highest BCUT2D eigenvalue weighted by Gasteiger charge is 2.28. The smallest absolute Gasteiger partial charge is 0.0124 e. The van der Waals surface area contributed by atoms with Gasteiger partial charge in [0.15, 0.2) is 0 Å². The first kappa shape index (κ1) is 23.2. The van der Waals surface area contributed by atoms with Gasteiger partial charge >= 0.3 is 0 Å². The molecule has 0 radical (unpaired) electrons. The van der Waals surface area contributed by atoms with E-state index in [0.717, 1.165) is 6.42 Å². The third-order valence-corrected chi connectivity index (χ3v) is 4.83. The van der Waals surface area contributed by atoms with Crippen LogP contribution in [0.2, 0.25) is 0 Å². The van der Waals surface area contributed by atoms with Crippen LogP contribution in [-0.4, -0.2) is 0 Å². The van der Waals surface area contributed by atoms with Crippen LogP contribution < -0.4 is 0 Å². The first-order valence-electron chi connectivity index (χ1n) is 10.3. The van der Waals surface area contributed by atoms with Crippen molar-refractivity contribution in [2.24, 2.45) is 29.6 Å². The molecule has 0 aliphatic heterocycles. The van der Waals surface area contributed by atoms with Gasteiger partial charge in [0.25, 0.3) is 0 Å². The fourth-order valence-corrected chi connectivity index (χ4v) is 3.95. The predicted octanol–water partition coefficient (Wildman–Crippen LogP) is 8.22. The van der Waals surface area contributed by atoms with E-state index in [0.29, 0.717) is 29.6 Å². The normalized spacial score (nSPS) is 16.3. The third-order valence-electron chi connectivity index (χ3n) is 4.83. The lowest BCUT2D eigenvalue weighted by molar-refractivity contribution is 0.628. The van der Waals surface area contributed by atoms with E-state index in [1.54, 1.807) is 27.9 Å². The van der Waals surface area contributed by atoms with Gasteiger partial charge in [-0.15, -0.1) is 0 Å². The van der Waals surface area contributed by atoms with Crippen molar-refractivity contribution in [3.63, 3.8) is 0 Å². The summed E-state index contributed by atoms with van der Waals surface area (Å²) in [7, 11) is 0. The molecule has 0 aromatic rings. The van der Waals surface area contributed by atoms with Gasteiger partial charge in [-0.3, -0.25) is 0 Å². The molecule has 0 N–H and O–H groups in total. The number of rotatable bonds is 5. The number of allylic oxidation sites excluding steroid dienone is 6. The molecule has 0 fully saturated rings. The van der Waals surface area contributed by atoms with Crippen LogP contribution in [0.15, 0.2) is 33.9 Å². The Morgan fingerprint density at radius 1 is 0.542 bits per heavy atom. The van der Waals surface area contributed by atoms with Crippen molar-refractivity contribution in [1.82, 2.24) is 0 Å². The highest BCUT2D eigenvalue weighted by atomic mass is 14.3. The van der Waals surface area contributed by atoms with E-state index in [4.69, 9.17) is 0 Å². The van der Waals surface area contributed by atoms with Crippen LogP contribution in [0.25, 0.3) is 0 Å². The van der Waals surface area contributed by atoms with Gasteiger partial charge in [-0.2, -0.15) is 0 Å². The van der Waals surface area contributed by atoms with Crippen LogP contribution >= 0.6 is 0 Å². The molecule has 0 aromatic heterocycles. The molecule has 0 bridgehead atoms. The van der Waals surface area contributed by atoms with Crippen molar-refractivity contribution in [3.8, 4) is 0 Å². The average molecular weight is 333 g/mol. The second kappa shape index (κ2) is 10.3. The lowest BCUT2D eigenvalue weighted by Crippen LogP contribution is -2.15. The third kappa shape index (κ3) is 5.36. The van der Waals surface area contributed by atoms with Gasteiger partial charge < -0.3 is 0 Å². The summed E-state index contributed by atoms with van der Waals surface area (Å²) in [6, 6.07) is 0. The number of hydrogen-bond donors (Lipinski definition) is 0. The lowest BCUT2D eigenvalue weighted by Gasteiger charge is -2.29. The minimum Gasteiger partial charge on any atom is -0.0767 e. The molecule has 0 unspecified atom stereocenters. The van der Waals surface area contributed by atoms with Crippen molar-refractivity contribution in [2.45, 2.75) is 89.5 Å². The zero-order chi connectivity index (χ0) is 19.2. The Morgan fingerprint density at radius 2 is 0.958 bits per heavy atom. The summed E-state index contributed by atoms with van der Waals surface area (Å²) in [5, 5.41) is 0. The lowest BCUT2D eigenvalue weighted by atomic mass is 9.76. The Morgan fingerprint density at radius 3 is 1.25 bits per heavy atom. The van der Waals surface area contributed by atoms with Gasteiger partial charge in [0.2, 0.25) is 0 Å². The molecular formula is C24H44. The van der Waals surface area contributed by atoms with Crippen LogP contribution in [-0.2, 0) is 0 Å². The largest absolute Gasteiger partial charge is 0.0767 e. The van der Waals surface area contributed by atoms with Gasteiger partial charge in [0.1, 0.15) is 0 Å². The van der Waals surface area contributed by atoms with Gasteiger partial charge in [0.05, 0.1) is 0 Å². The molecule has 0 aromatic carbocycles. The van der Waals surface area contributed by atoms with E-state index in [9.17, 15) is 0 Å². The molecule has 1 aliphatic carbocycles. The predicted molar refractivity (Wildman–Crippen MR) is 112 cm³/mol. The van der Waals surface area contributed by atoms with E-state index < -0.39 is 0 Å². The van der Waals surface area contributed by atoms with E-state index in [2.05, 4.69) is 75.3 Å². The van der Waals surface area contributed by atoms with E-state index >= 15 is 0 Å². The first-order valence-corrected chi connectivity index (χ1v) is 10.3. The quantitative estimate of drug-likeness (QED) is 0.475. The summed E-state index contributed by atoms with van der Waals surface area (Å²) in [5.41, 5.74) is 8.18. The maximum Gasteiger partial charge on any atom is -0.0124 e. The molecule has 0 heterocycles. The van der Waals surface area contributed by atoms with Crippen molar-refractivity contribution in [2.75, 3.05) is 0 Å². The van der Waals surface area contributed by atoms with Crippen molar-refractivity contribution in [3.05, 3.63) is 33.9 Å². The summed E-state index contributed by atoms with van der Waals surface area (Å²) in [6.45, 7) is 27.7. The first-order chi connectivity index (χ1) is 11.1. The molecule has 0 atom stereocenters. The Kier molecular flexibility index (Phi) is 9.93. The molecule has 0 amide bonds. The average Bonchev–Trinajstić information content (AvgIpc) is 2.66. The van der Waals surface area contributed by atoms with Crippen LogP contribution in [0, 0.1) is 29.6 Å². The molecule has 140 valence electrons. The van der Waals surface area contributed by atoms with Crippen LogP contribution in [0.1, 0.15) is 89.5 Å². The summed E-state index contributed by atoms with van der Waals surface area (Å²) >= 11 is 0. The monoisotopic (exact) mass is 332 g/mol. The number of hydrogen-bond acceptors (Lipinski definition) is 0. The van der Waals surface area contributed by atoms with Crippen molar-refractivity contribution < 1.29 is 0 Å². The molecule has 1 aliphatic rings. The standard InChI is InChI=1S/C22H38.C2H6/c1-13(2)18-11-12-19(14(3)4)21(16(7)8)22(17(9)10)20(18)15(5)6;1-2/h11,13-17H,12H2,1-10H3;1-2H3. The van der Waals surface area contributed by atoms with Crippen LogP contribution in [0.3, 0.4) is 0 Å². The molecule has 0 saturated heterocycles. The minimum absolute atomic E-state index is 0.587. The summed E-state index contributed by atoms with van der Waals surface area (Å²) in [5.74, 6) is 3.01. The fraction of sp³-hybridized carbons (Fsp3) is 0.750. The van der Waals surface area contributed by atoms with Crippen LogP contribution in [0.5, 0.6) is 0 Å². The zero-order valence-electron chi connectivity index (χ0n) is 18.7. The summed E-state index contributed by atoms with van der Waals surface area (Å²) in [4.78, 5) is 0. The summed E-state index contributed by atoms with van der Waals surface area (Å²) < 4.78 is 0. The molecule has 0 nitrogen and oxygen atoms in total. The topological polar surface area (TPSA) is 0 Å². The Hall–Kier alpha value is -0.780. The molecule has 0 saturated carbocycles. The molecule has 1 rings (SSSR count). The second-order valence-corrected chi connectivity index (χ2v) is 8.40. The van der Waals surface area contributed by atoms with Gasteiger partial charge in [-0.05, 0) is 58.3 Å². The molecule has 0 heteroatoms. The molecule has 24 heavy (non-hydrogen) atoms.